The number of nitrogens with zero attached hydrogens (tertiary/aromatic N) is 7. The van der Waals surface area contributed by atoms with Gasteiger partial charge in [0.15, 0.2) is 11.6 Å². The van der Waals surface area contributed by atoms with Crippen molar-refractivity contribution >= 4 is 17.4 Å². The smallest absolute Gasteiger partial charge is 0.368 e. The molecule has 0 spiro atoms. The third-order valence-electron chi connectivity index (χ3n) is 6.93. The van der Waals surface area contributed by atoms with Crippen molar-refractivity contribution in [1.29, 1.82) is 0 Å². The predicted octanol–water partition coefficient (Wildman–Crippen LogP) is 3.55. The molecular weight excluding hydrogens is 471 g/mol. The lowest BCUT2D eigenvalue weighted by Gasteiger charge is -2.40. The number of benzene rings is 1. The Kier molecular flexibility index (Phi) is 6.55. The molecule has 4 heterocycles. The van der Waals surface area contributed by atoms with E-state index in [4.69, 9.17) is 0 Å². The number of alkyl halides is 3. The highest BCUT2D eigenvalue weighted by molar-refractivity contribution is 5.80. The Morgan fingerprint density at radius 2 is 1.72 bits per heavy atom. The van der Waals surface area contributed by atoms with Crippen LogP contribution in [0.4, 0.5) is 24.7 Å². The highest BCUT2D eigenvalue weighted by Crippen LogP contribution is 2.32. The maximum atomic E-state index is 13.3. The van der Waals surface area contributed by atoms with Crippen LogP contribution in [0.15, 0.2) is 48.8 Å². The minimum absolute atomic E-state index is 0.0991. The van der Waals surface area contributed by atoms with Crippen LogP contribution in [0.1, 0.15) is 24.2 Å². The molecule has 2 saturated heterocycles. The normalized spacial score (nSPS) is 19.0. The second-order valence-corrected chi connectivity index (χ2v) is 9.24. The van der Waals surface area contributed by atoms with Gasteiger partial charge in [-0.25, -0.2) is 4.98 Å². The third kappa shape index (κ3) is 5.00. The molecule has 2 aliphatic rings. The van der Waals surface area contributed by atoms with E-state index < -0.39 is 11.7 Å². The first-order chi connectivity index (χ1) is 17.3. The second kappa shape index (κ2) is 9.79. The van der Waals surface area contributed by atoms with Gasteiger partial charge in [-0.05, 0) is 50.1 Å². The van der Waals surface area contributed by atoms with Gasteiger partial charge >= 0.3 is 6.18 Å². The Hall–Kier alpha value is -3.63. The van der Waals surface area contributed by atoms with Crippen molar-refractivity contribution in [1.82, 2.24) is 24.6 Å². The zero-order chi connectivity index (χ0) is 25.3. The summed E-state index contributed by atoms with van der Waals surface area (Å²) in [4.78, 5) is 23.4. The van der Waals surface area contributed by atoms with Crippen molar-refractivity contribution in [3.8, 4) is 5.82 Å². The molecule has 0 bridgehead atoms. The number of carbonyl (C=O) groups excluding carboxylic acids is 1. The molecule has 1 aromatic carbocycles. The van der Waals surface area contributed by atoms with Gasteiger partial charge in [0, 0.05) is 57.3 Å². The van der Waals surface area contributed by atoms with E-state index in [0.29, 0.717) is 44.2 Å². The fourth-order valence-corrected chi connectivity index (χ4v) is 4.94. The van der Waals surface area contributed by atoms with Gasteiger partial charge in [0.05, 0.1) is 11.5 Å². The molecule has 0 radical (unpaired) electrons. The Balaban J connectivity index is 1.19. The summed E-state index contributed by atoms with van der Waals surface area (Å²) in [5.41, 5.74) is -0.120. The van der Waals surface area contributed by atoms with Crippen LogP contribution in [0.2, 0.25) is 0 Å². The van der Waals surface area contributed by atoms with Gasteiger partial charge in [0.1, 0.15) is 5.82 Å². The lowest BCUT2D eigenvalue weighted by molar-refractivity contribution is -0.137. The monoisotopic (exact) mass is 499 g/mol. The van der Waals surface area contributed by atoms with Gasteiger partial charge in [-0.1, -0.05) is 6.07 Å². The average molecular weight is 500 g/mol. The first-order valence-electron chi connectivity index (χ1n) is 12.1. The summed E-state index contributed by atoms with van der Waals surface area (Å²) in [6.07, 6.45) is 0.865. The maximum Gasteiger partial charge on any atom is 0.416 e. The van der Waals surface area contributed by atoms with Gasteiger partial charge in [-0.3, -0.25) is 9.36 Å². The van der Waals surface area contributed by atoms with Crippen LogP contribution in [-0.2, 0) is 11.0 Å². The molecule has 2 aliphatic heterocycles. The number of carbonyl (C=O) groups is 1. The van der Waals surface area contributed by atoms with E-state index in [9.17, 15) is 18.0 Å². The minimum atomic E-state index is -4.37. The molecule has 2 fully saturated rings. The summed E-state index contributed by atoms with van der Waals surface area (Å²) in [7, 11) is 0. The van der Waals surface area contributed by atoms with Crippen LogP contribution in [0.25, 0.3) is 5.82 Å². The highest BCUT2D eigenvalue weighted by atomic mass is 19.4. The first-order valence-corrected chi connectivity index (χ1v) is 12.1. The SMILES string of the molecule is Cc1nccn1-c1ccc(N2CCCC(C(=O)N3CCN(c4cccc(C(F)(F)F)c4)CC3)C2)nn1. The summed E-state index contributed by atoms with van der Waals surface area (Å²) < 4.78 is 41.1. The molecule has 5 rings (SSSR count). The van der Waals surface area contributed by atoms with Gasteiger partial charge in [0.2, 0.25) is 5.91 Å². The van der Waals surface area contributed by atoms with E-state index >= 15 is 0 Å². The summed E-state index contributed by atoms with van der Waals surface area (Å²) >= 11 is 0. The molecule has 190 valence electrons. The number of rotatable bonds is 4. The number of aromatic nitrogens is 4. The van der Waals surface area contributed by atoms with Crippen molar-refractivity contribution in [3.05, 3.63) is 60.2 Å². The predicted molar refractivity (Wildman–Crippen MR) is 129 cm³/mol. The molecule has 0 saturated carbocycles. The highest BCUT2D eigenvalue weighted by Gasteiger charge is 2.33. The number of amides is 1. The van der Waals surface area contributed by atoms with Crippen LogP contribution in [-0.4, -0.2) is 69.8 Å². The molecule has 2 aromatic heterocycles. The van der Waals surface area contributed by atoms with Crippen LogP contribution in [0.3, 0.4) is 0 Å². The van der Waals surface area contributed by atoms with Gasteiger partial charge in [0.25, 0.3) is 0 Å². The molecule has 0 N–H and O–H groups in total. The summed E-state index contributed by atoms with van der Waals surface area (Å²) in [5.74, 6) is 2.22. The summed E-state index contributed by atoms with van der Waals surface area (Å²) in [6.45, 7) is 5.27. The second-order valence-electron chi connectivity index (χ2n) is 9.24. The van der Waals surface area contributed by atoms with E-state index in [2.05, 4.69) is 20.1 Å². The fourth-order valence-electron chi connectivity index (χ4n) is 4.94. The van der Waals surface area contributed by atoms with E-state index in [1.54, 1.807) is 12.3 Å². The number of piperidine rings is 1. The number of aryl methyl sites for hydroxylation is 1. The molecule has 8 nitrogen and oxygen atoms in total. The van der Waals surface area contributed by atoms with Crippen LogP contribution in [0, 0.1) is 12.8 Å². The van der Waals surface area contributed by atoms with E-state index in [1.807, 2.05) is 39.6 Å². The Morgan fingerprint density at radius 1 is 0.972 bits per heavy atom. The molecule has 36 heavy (non-hydrogen) atoms. The van der Waals surface area contributed by atoms with Crippen molar-refractivity contribution in [2.24, 2.45) is 5.92 Å². The zero-order valence-electron chi connectivity index (χ0n) is 20.0. The van der Waals surface area contributed by atoms with E-state index in [-0.39, 0.29) is 11.8 Å². The Bertz CT molecular complexity index is 1200. The topological polar surface area (TPSA) is 70.4 Å². The van der Waals surface area contributed by atoms with Crippen LogP contribution >= 0.6 is 0 Å². The number of imidazole rings is 1. The van der Waals surface area contributed by atoms with E-state index in [1.165, 1.54) is 12.1 Å². The Morgan fingerprint density at radius 3 is 2.39 bits per heavy atom. The van der Waals surface area contributed by atoms with Crippen molar-refractivity contribution in [3.63, 3.8) is 0 Å². The lowest BCUT2D eigenvalue weighted by atomic mass is 9.96. The molecule has 1 atom stereocenters. The Labute approximate surface area is 207 Å². The zero-order valence-corrected chi connectivity index (χ0v) is 20.0. The summed E-state index contributed by atoms with van der Waals surface area (Å²) in [5, 5.41) is 8.72. The van der Waals surface area contributed by atoms with E-state index in [0.717, 1.165) is 37.1 Å². The number of hydrogen-bond acceptors (Lipinski definition) is 6. The maximum absolute atomic E-state index is 13.3. The quantitative estimate of drug-likeness (QED) is 0.547. The van der Waals surface area contributed by atoms with Crippen molar-refractivity contribution in [2.45, 2.75) is 25.9 Å². The van der Waals surface area contributed by atoms with Crippen molar-refractivity contribution in [2.75, 3.05) is 49.1 Å². The van der Waals surface area contributed by atoms with Crippen LogP contribution < -0.4 is 9.80 Å². The third-order valence-corrected chi connectivity index (χ3v) is 6.93. The number of piperazine rings is 1. The molecule has 1 unspecified atom stereocenters. The standard InChI is InChI=1S/C25H28F3N7O/c1-18-29-9-11-35(18)23-8-7-22(30-31-23)34-10-3-4-19(17-34)24(36)33-14-12-32(13-15-33)21-6-2-5-20(16-21)25(26,27)28/h2,5-9,11,16,19H,3-4,10,12-15,17H2,1H3. The number of hydrogen-bond donors (Lipinski definition) is 0. The molecular formula is C25H28F3N7O. The molecule has 3 aromatic rings. The minimum Gasteiger partial charge on any atom is -0.368 e. The summed E-state index contributed by atoms with van der Waals surface area (Å²) in [6, 6.07) is 9.19. The van der Waals surface area contributed by atoms with Crippen molar-refractivity contribution < 1.29 is 18.0 Å². The average Bonchev–Trinajstić information content (AvgIpc) is 3.34. The molecule has 0 aliphatic carbocycles. The van der Waals surface area contributed by atoms with Gasteiger partial charge in [-0.2, -0.15) is 13.2 Å². The molecule has 11 heteroatoms. The lowest BCUT2D eigenvalue weighted by Crippen LogP contribution is -2.52. The number of anilines is 2. The largest absolute Gasteiger partial charge is 0.416 e. The fraction of sp³-hybridized carbons (Fsp3) is 0.440. The van der Waals surface area contributed by atoms with Gasteiger partial charge < -0.3 is 14.7 Å². The first kappa shape index (κ1) is 24.1. The molecule has 1 amide bonds. The van der Waals surface area contributed by atoms with Crippen LogP contribution in [0.5, 0.6) is 0 Å². The van der Waals surface area contributed by atoms with Gasteiger partial charge in [-0.15, -0.1) is 10.2 Å². The number of halogens is 3.